The first-order chi connectivity index (χ1) is 13.4. The van der Waals surface area contributed by atoms with Crippen molar-refractivity contribution in [2.24, 2.45) is 0 Å². The van der Waals surface area contributed by atoms with Crippen LogP contribution in [0.1, 0.15) is 32.1 Å². The number of rotatable bonds is 6. The fraction of sp³-hybridized carbons (Fsp3) is 0.381. The average Bonchev–Trinajstić information content (AvgIpc) is 2.73. The monoisotopic (exact) mass is 404 g/mol. The molecule has 150 valence electrons. The summed E-state index contributed by atoms with van der Waals surface area (Å²) in [5.74, 6) is -1.02. The highest BCUT2D eigenvalue weighted by Gasteiger charge is 2.31. The van der Waals surface area contributed by atoms with Crippen molar-refractivity contribution in [2.75, 3.05) is 17.9 Å². The molecular weight excluding hydrogens is 379 g/mol. The molecule has 1 aliphatic rings. The van der Waals surface area contributed by atoms with Gasteiger partial charge in [0.2, 0.25) is 5.91 Å². The molecule has 2 aromatic carbocycles. The van der Waals surface area contributed by atoms with Gasteiger partial charge >= 0.3 is 0 Å². The van der Waals surface area contributed by atoms with Gasteiger partial charge in [0.1, 0.15) is 12.4 Å². The molecule has 1 aliphatic carbocycles. The molecule has 1 saturated carbocycles. The zero-order valence-corrected chi connectivity index (χ0v) is 16.7. The highest BCUT2D eigenvalue weighted by Crippen LogP contribution is 2.27. The molecule has 0 N–H and O–H groups in total. The van der Waals surface area contributed by atoms with Crippen LogP contribution in [0.25, 0.3) is 0 Å². The van der Waals surface area contributed by atoms with E-state index >= 15 is 0 Å². The Balaban J connectivity index is 1.93. The van der Waals surface area contributed by atoms with Crippen LogP contribution < -0.4 is 4.31 Å². The molecule has 3 rings (SSSR count). The highest BCUT2D eigenvalue weighted by atomic mass is 32.2. The summed E-state index contributed by atoms with van der Waals surface area (Å²) in [5, 5.41) is 0. The summed E-state index contributed by atoms with van der Waals surface area (Å²) < 4.78 is 41.8. The molecule has 0 bridgehead atoms. The van der Waals surface area contributed by atoms with Crippen LogP contribution in [0.2, 0.25) is 0 Å². The van der Waals surface area contributed by atoms with E-state index in [0.717, 1.165) is 36.4 Å². The second-order valence-corrected chi connectivity index (χ2v) is 8.93. The van der Waals surface area contributed by atoms with Gasteiger partial charge in [-0.3, -0.25) is 9.10 Å². The maximum Gasteiger partial charge on any atom is 0.264 e. The van der Waals surface area contributed by atoms with Gasteiger partial charge < -0.3 is 4.90 Å². The van der Waals surface area contributed by atoms with Crippen LogP contribution >= 0.6 is 0 Å². The van der Waals surface area contributed by atoms with E-state index in [1.807, 2.05) is 0 Å². The van der Waals surface area contributed by atoms with Crippen LogP contribution in [0.15, 0.2) is 59.5 Å². The van der Waals surface area contributed by atoms with Crippen LogP contribution in [-0.4, -0.2) is 38.9 Å². The van der Waals surface area contributed by atoms with Gasteiger partial charge in [0.05, 0.1) is 10.6 Å². The lowest BCUT2D eigenvalue weighted by Crippen LogP contribution is -2.46. The minimum Gasteiger partial charge on any atom is -0.341 e. The largest absolute Gasteiger partial charge is 0.341 e. The molecule has 5 nitrogen and oxygen atoms in total. The summed E-state index contributed by atoms with van der Waals surface area (Å²) in [6, 6.07) is 13.5. The van der Waals surface area contributed by atoms with Gasteiger partial charge in [0.15, 0.2) is 0 Å². The smallest absolute Gasteiger partial charge is 0.264 e. The molecule has 28 heavy (non-hydrogen) atoms. The Labute approximate surface area is 165 Å². The third-order valence-corrected chi connectivity index (χ3v) is 7.02. The van der Waals surface area contributed by atoms with Crippen LogP contribution in [0.3, 0.4) is 0 Å². The lowest BCUT2D eigenvalue weighted by atomic mass is 9.94. The molecule has 0 radical (unpaired) electrons. The summed E-state index contributed by atoms with van der Waals surface area (Å²) >= 11 is 0. The number of carbonyl (C=O) groups is 1. The number of anilines is 1. The summed E-state index contributed by atoms with van der Waals surface area (Å²) in [7, 11) is -2.39. The van der Waals surface area contributed by atoms with E-state index in [4.69, 9.17) is 0 Å². The van der Waals surface area contributed by atoms with Crippen molar-refractivity contribution < 1.29 is 17.6 Å². The molecule has 0 spiro atoms. The Kier molecular flexibility index (Phi) is 6.34. The second kappa shape index (κ2) is 8.73. The third-order valence-electron chi connectivity index (χ3n) is 5.25. The number of likely N-dealkylation sites (N-methyl/N-ethyl adjacent to an activating group) is 1. The van der Waals surface area contributed by atoms with Crippen LogP contribution in [0, 0.1) is 5.82 Å². The molecule has 0 unspecified atom stereocenters. The second-order valence-electron chi connectivity index (χ2n) is 7.07. The Hall–Kier alpha value is -2.41. The number of benzene rings is 2. The minimum atomic E-state index is -4.09. The van der Waals surface area contributed by atoms with Gasteiger partial charge in [-0.2, -0.15) is 0 Å². The van der Waals surface area contributed by atoms with Crippen molar-refractivity contribution in [1.82, 2.24) is 4.90 Å². The number of hydrogen-bond acceptors (Lipinski definition) is 3. The maximum atomic E-state index is 14.5. The number of nitrogens with zero attached hydrogens (tertiary/aromatic N) is 2. The van der Waals surface area contributed by atoms with E-state index in [9.17, 15) is 17.6 Å². The van der Waals surface area contributed by atoms with E-state index in [1.165, 1.54) is 30.3 Å². The number of hydrogen-bond donors (Lipinski definition) is 0. The predicted molar refractivity (Wildman–Crippen MR) is 107 cm³/mol. The fourth-order valence-corrected chi connectivity index (χ4v) is 5.02. The summed E-state index contributed by atoms with van der Waals surface area (Å²) in [5.41, 5.74) is -0.128. The summed E-state index contributed by atoms with van der Waals surface area (Å²) in [4.78, 5) is 14.6. The fourth-order valence-electron chi connectivity index (χ4n) is 3.58. The number of para-hydroxylation sites is 1. The number of amides is 1. The van der Waals surface area contributed by atoms with Gasteiger partial charge in [-0.1, -0.05) is 49.6 Å². The lowest BCUT2D eigenvalue weighted by molar-refractivity contribution is -0.130. The first-order valence-corrected chi connectivity index (χ1v) is 10.9. The Bertz CT molecular complexity index is 912. The maximum absolute atomic E-state index is 14.5. The predicted octanol–water partition coefficient (Wildman–Crippen LogP) is 3.81. The van der Waals surface area contributed by atoms with E-state index in [0.29, 0.717) is 0 Å². The normalized spacial score (nSPS) is 15.2. The summed E-state index contributed by atoms with van der Waals surface area (Å²) in [6.45, 7) is -0.439. The Morgan fingerprint density at radius 3 is 2.25 bits per heavy atom. The van der Waals surface area contributed by atoms with Gasteiger partial charge in [-0.15, -0.1) is 0 Å². The van der Waals surface area contributed by atoms with E-state index < -0.39 is 22.4 Å². The van der Waals surface area contributed by atoms with Gasteiger partial charge in [0.25, 0.3) is 10.0 Å². The summed E-state index contributed by atoms with van der Waals surface area (Å²) in [6.07, 6.45) is 5.09. The number of carbonyl (C=O) groups excluding carboxylic acids is 1. The number of halogens is 1. The van der Waals surface area contributed by atoms with Crippen molar-refractivity contribution in [3.05, 3.63) is 60.4 Å². The van der Waals surface area contributed by atoms with Crippen LogP contribution in [0.5, 0.6) is 0 Å². The topological polar surface area (TPSA) is 57.7 Å². The van der Waals surface area contributed by atoms with Gasteiger partial charge in [0, 0.05) is 13.1 Å². The van der Waals surface area contributed by atoms with Crippen LogP contribution in [-0.2, 0) is 14.8 Å². The molecule has 1 fully saturated rings. The zero-order chi connectivity index (χ0) is 20.1. The van der Waals surface area contributed by atoms with E-state index in [-0.39, 0.29) is 22.5 Å². The van der Waals surface area contributed by atoms with Crippen molar-refractivity contribution in [1.29, 1.82) is 0 Å². The number of sulfonamides is 1. The van der Waals surface area contributed by atoms with Crippen molar-refractivity contribution >= 4 is 21.6 Å². The zero-order valence-electron chi connectivity index (χ0n) is 15.9. The van der Waals surface area contributed by atoms with Crippen molar-refractivity contribution in [3.8, 4) is 0 Å². The Morgan fingerprint density at radius 1 is 1.00 bits per heavy atom. The van der Waals surface area contributed by atoms with Crippen molar-refractivity contribution in [2.45, 2.75) is 43.0 Å². The van der Waals surface area contributed by atoms with Gasteiger partial charge in [-0.25, -0.2) is 12.8 Å². The van der Waals surface area contributed by atoms with E-state index in [2.05, 4.69) is 0 Å². The van der Waals surface area contributed by atoms with E-state index in [1.54, 1.807) is 36.2 Å². The third kappa shape index (κ3) is 4.35. The molecule has 0 atom stereocenters. The van der Waals surface area contributed by atoms with Gasteiger partial charge in [-0.05, 0) is 37.1 Å². The van der Waals surface area contributed by atoms with Crippen LogP contribution in [0.4, 0.5) is 10.1 Å². The molecule has 1 amide bonds. The molecular formula is C21H25FN2O3S. The molecule has 0 aliphatic heterocycles. The first kappa shape index (κ1) is 20.3. The quantitative estimate of drug-likeness (QED) is 0.736. The molecule has 0 saturated heterocycles. The van der Waals surface area contributed by atoms with Crippen molar-refractivity contribution in [3.63, 3.8) is 0 Å². The molecule has 0 aromatic heterocycles. The Morgan fingerprint density at radius 2 is 1.61 bits per heavy atom. The molecule has 7 heteroatoms. The first-order valence-electron chi connectivity index (χ1n) is 9.49. The molecule has 0 heterocycles. The highest BCUT2D eigenvalue weighted by molar-refractivity contribution is 7.92. The minimum absolute atomic E-state index is 0.0198. The molecule has 2 aromatic rings. The SMILES string of the molecule is CN(C(=O)CN(c1ccccc1F)S(=O)(=O)c1ccccc1)C1CCCCC1. The lowest BCUT2D eigenvalue weighted by Gasteiger charge is -2.33. The average molecular weight is 405 g/mol. The standard InChI is InChI=1S/C21H25FN2O3S/c1-23(17-10-4-2-5-11-17)21(25)16-24(20-15-9-8-14-19(20)22)28(26,27)18-12-6-3-7-13-18/h3,6-9,12-15,17H,2,4-5,10-11,16H2,1H3.